The molecule has 0 aliphatic carbocycles. The molecular weight excluding hydrogens is 406 g/mol. The molecule has 1 saturated heterocycles. The summed E-state index contributed by atoms with van der Waals surface area (Å²) < 4.78 is 26.8. The van der Waals surface area contributed by atoms with Gasteiger partial charge in [-0.2, -0.15) is 0 Å². The Kier molecular flexibility index (Phi) is 6.55. The van der Waals surface area contributed by atoms with Crippen molar-refractivity contribution in [3.63, 3.8) is 0 Å². The van der Waals surface area contributed by atoms with Gasteiger partial charge in [-0.1, -0.05) is 17.7 Å². The topological polar surface area (TPSA) is 49.8 Å². The molecule has 0 radical (unpaired) electrons. The molecule has 1 aliphatic heterocycles. The maximum Gasteiger partial charge on any atom is 0.126 e. The molecule has 30 heavy (non-hydrogen) atoms. The average Bonchev–Trinajstić information content (AvgIpc) is 2.74. The van der Waals surface area contributed by atoms with E-state index in [-0.39, 0.29) is 6.54 Å². The van der Waals surface area contributed by atoms with Crippen LogP contribution in [-0.4, -0.2) is 23.1 Å². The monoisotopic (exact) mass is 428 g/mol. The Hall–Kier alpha value is -2.57. The molecule has 0 spiro atoms. The highest BCUT2D eigenvalue weighted by atomic mass is 35.5. The van der Waals surface area contributed by atoms with Gasteiger partial charge in [-0.25, -0.2) is 13.8 Å². The summed E-state index contributed by atoms with van der Waals surface area (Å²) in [6.45, 7) is 2.36. The number of piperidine rings is 1. The molecule has 0 unspecified atom stereocenters. The molecule has 0 amide bonds. The lowest BCUT2D eigenvalue weighted by Gasteiger charge is -2.22. The number of hydrogen-bond acceptors (Lipinski definition) is 4. The van der Waals surface area contributed by atoms with Crippen LogP contribution in [0.4, 0.5) is 14.6 Å². The molecule has 4 nitrogen and oxygen atoms in total. The van der Waals surface area contributed by atoms with Crippen molar-refractivity contribution in [3.8, 4) is 11.3 Å². The number of pyridine rings is 2. The Morgan fingerprint density at radius 2 is 1.83 bits per heavy atom. The Balaban J connectivity index is 1.50. The van der Waals surface area contributed by atoms with Crippen LogP contribution < -0.4 is 10.6 Å². The molecule has 1 fully saturated rings. The molecule has 156 valence electrons. The minimum atomic E-state index is -0.599. The van der Waals surface area contributed by atoms with Crippen molar-refractivity contribution in [2.75, 3.05) is 18.4 Å². The first-order valence-electron chi connectivity index (χ1n) is 10.1. The van der Waals surface area contributed by atoms with Gasteiger partial charge in [0.15, 0.2) is 0 Å². The number of rotatable bonds is 6. The number of benzene rings is 1. The van der Waals surface area contributed by atoms with Crippen LogP contribution in [0.3, 0.4) is 0 Å². The lowest BCUT2D eigenvalue weighted by molar-refractivity contribution is 0.370. The maximum atomic E-state index is 13.4. The van der Waals surface area contributed by atoms with E-state index < -0.39 is 11.6 Å². The quantitative estimate of drug-likeness (QED) is 0.564. The first-order chi connectivity index (χ1) is 14.6. The maximum absolute atomic E-state index is 13.4. The Bertz CT molecular complexity index is 1000. The van der Waals surface area contributed by atoms with E-state index in [1.54, 1.807) is 6.20 Å². The van der Waals surface area contributed by atoms with E-state index in [1.165, 1.54) is 12.1 Å². The third kappa shape index (κ3) is 5.32. The molecule has 1 aliphatic rings. The lowest BCUT2D eigenvalue weighted by Crippen LogP contribution is -2.28. The molecule has 7 heteroatoms. The summed E-state index contributed by atoms with van der Waals surface area (Å²) in [6, 6.07) is 11.0. The van der Waals surface area contributed by atoms with E-state index in [9.17, 15) is 8.78 Å². The van der Waals surface area contributed by atoms with Crippen molar-refractivity contribution >= 4 is 17.4 Å². The third-order valence-corrected chi connectivity index (χ3v) is 5.59. The number of hydrogen-bond donors (Lipinski definition) is 2. The first kappa shape index (κ1) is 20.7. The normalized spacial score (nSPS) is 14.6. The molecule has 2 aromatic heterocycles. The molecule has 4 rings (SSSR count). The highest BCUT2D eigenvalue weighted by molar-refractivity contribution is 6.33. The van der Waals surface area contributed by atoms with Crippen LogP contribution in [0.15, 0.2) is 48.7 Å². The lowest BCUT2D eigenvalue weighted by atomic mass is 9.92. The number of nitrogens with one attached hydrogen (secondary N) is 2. The van der Waals surface area contributed by atoms with Gasteiger partial charge >= 0.3 is 0 Å². The van der Waals surface area contributed by atoms with Crippen LogP contribution in [-0.2, 0) is 13.0 Å². The van der Waals surface area contributed by atoms with E-state index in [2.05, 4.69) is 20.6 Å². The third-order valence-electron chi connectivity index (χ3n) is 5.29. The van der Waals surface area contributed by atoms with E-state index in [1.807, 2.05) is 24.3 Å². The minimum Gasteiger partial charge on any atom is -0.366 e. The zero-order valence-corrected chi connectivity index (χ0v) is 17.2. The van der Waals surface area contributed by atoms with Crippen LogP contribution in [0.1, 0.15) is 24.1 Å². The Morgan fingerprint density at radius 1 is 1.07 bits per heavy atom. The zero-order valence-electron chi connectivity index (χ0n) is 16.5. The molecule has 3 heterocycles. The van der Waals surface area contributed by atoms with E-state index in [4.69, 9.17) is 11.6 Å². The van der Waals surface area contributed by atoms with Crippen molar-refractivity contribution in [1.82, 2.24) is 15.3 Å². The zero-order chi connectivity index (χ0) is 20.9. The molecule has 0 saturated carbocycles. The largest absolute Gasteiger partial charge is 0.366 e. The van der Waals surface area contributed by atoms with E-state index in [0.717, 1.165) is 55.4 Å². The standard InChI is InChI=1S/C23H23ClF2N4/c24-21-14-28-19(10-15-4-6-27-7-5-15)12-20(21)22-2-1-3-23(30-22)29-13-16-8-17(25)11-18(26)9-16/h1-3,8-9,11-12,14-15,27H,4-7,10,13H2,(H,29,30). The Labute approximate surface area is 179 Å². The summed E-state index contributed by atoms with van der Waals surface area (Å²) in [5.41, 5.74) is 3.07. The molecule has 2 N–H and O–H groups in total. The van der Waals surface area contributed by atoms with Crippen LogP contribution in [0.5, 0.6) is 0 Å². The minimum absolute atomic E-state index is 0.260. The summed E-state index contributed by atoms with van der Waals surface area (Å²) in [6.07, 6.45) is 4.91. The van der Waals surface area contributed by atoms with Crippen molar-refractivity contribution in [3.05, 3.63) is 76.6 Å². The number of anilines is 1. The van der Waals surface area contributed by atoms with Crippen LogP contribution in [0.25, 0.3) is 11.3 Å². The van der Waals surface area contributed by atoms with Gasteiger partial charge in [0.05, 0.1) is 10.7 Å². The molecule has 1 aromatic carbocycles. The summed E-state index contributed by atoms with van der Waals surface area (Å²) in [5.74, 6) is 0.0297. The van der Waals surface area contributed by atoms with Crippen LogP contribution >= 0.6 is 11.6 Å². The van der Waals surface area contributed by atoms with Crippen molar-refractivity contribution in [1.29, 1.82) is 0 Å². The second-order valence-corrected chi connectivity index (χ2v) is 8.00. The van der Waals surface area contributed by atoms with Gasteiger partial charge < -0.3 is 10.6 Å². The van der Waals surface area contributed by atoms with E-state index in [0.29, 0.717) is 22.3 Å². The average molecular weight is 429 g/mol. The SMILES string of the molecule is Fc1cc(F)cc(CNc2cccc(-c3cc(CC4CCNCC4)ncc3Cl)n2)c1. The number of halogens is 3. The summed E-state index contributed by atoms with van der Waals surface area (Å²) in [4.78, 5) is 9.14. The van der Waals surface area contributed by atoms with Crippen molar-refractivity contribution in [2.45, 2.75) is 25.8 Å². The van der Waals surface area contributed by atoms with Gasteiger partial charge in [-0.05, 0) is 74.2 Å². The molecule has 0 bridgehead atoms. The van der Waals surface area contributed by atoms with Crippen molar-refractivity contribution < 1.29 is 8.78 Å². The molecule has 3 aromatic rings. The fourth-order valence-corrected chi connectivity index (χ4v) is 3.96. The summed E-state index contributed by atoms with van der Waals surface area (Å²) in [7, 11) is 0. The van der Waals surface area contributed by atoms with Gasteiger partial charge in [-0.15, -0.1) is 0 Å². The van der Waals surface area contributed by atoms with Crippen molar-refractivity contribution in [2.24, 2.45) is 5.92 Å². The Morgan fingerprint density at radius 3 is 2.60 bits per heavy atom. The predicted molar refractivity (Wildman–Crippen MR) is 115 cm³/mol. The summed E-state index contributed by atoms with van der Waals surface area (Å²) >= 11 is 6.42. The fourth-order valence-electron chi connectivity index (χ4n) is 3.76. The van der Waals surface area contributed by atoms with Gasteiger partial charge in [0.1, 0.15) is 17.5 Å². The molecular formula is C23H23ClF2N4. The van der Waals surface area contributed by atoms with Gasteiger partial charge in [0.25, 0.3) is 0 Å². The fraction of sp³-hybridized carbons (Fsp3) is 0.304. The van der Waals surface area contributed by atoms with Crippen LogP contribution in [0.2, 0.25) is 5.02 Å². The highest BCUT2D eigenvalue weighted by Crippen LogP contribution is 2.29. The highest BCUT2D eigenvalue weighted by Gasteiger charge is 2.16. The molecule has 0 atom stereocenters. The number of nitrogens with zero attached hydrogens (tertiary/aromatic N) is 2. The second kappa shape index (κ2) is 9.49. The van der Waals surface area contributed by atoms with Gasteiger partial charge in [0, 0.05) is 30.1 Å². The predicted octanol–water partition coefficient (Wildman–Crippen LogP) is 5.23. The summed E-state index contributed by atoms with van der Waals surface area (Å²) in [5, 5.41) is 7.04. The first-order valence-corrected chi connectivity index (χ1v) is 10.5. The number of aromatic nitrogens is 2. The van der Waals surface area contributed by atoms with Gasteiger partial charge in [0.2, 0.25) is 0 Å². The van der Waals surface area contributed by atoms with E-state index >= 15 is 0 Å². The smallest absolute Gasteiger partial charge is 0.126 e. The second-order valence-electron chi connectivity index (χ2n) is 7.59. The van der Waals surface area contributed by atoms with Gasteiger partial charge in [-0.3, -0.25) is 4.98 Å². The van der Waals surface area contributed by atoms with Crippen LogP contribution in [0, 0.1) is 17.6 Å².